The van der Waals surface area contributed by atoms with Crippen molar-refractivity contribution in [3.63, 3.8) is 0 Å². The van der Waals surface area contributed by atoms with Crippen LogP contribution < -0.4 is 0 Å². The second-order valence-corrected chi connectivity index (χ2v) is 6.83. The number of allylic oxidation sites excluding steroid dienone is 1. The standard InChI is InChI=1S/C21H28O5/c1-5-10-16-18-17(25-20(22-4)21(16,3)24-13-6-2)14-23-19(26-18)15-11-8-7-9-12-15/h5-9,11-12,16-20H,1-2,10,13-14H2,3-4H3/t16-,17+,18-,19+,20-,21+/m0/s1. The van der Waals surface area contributed by atoms with Gasteiger partial charge in [0, 0.05) is 18.6 Å². The van der Waals surface area contributed by atoms with E-state index in [1.807, 2.05) is 43.3 Å². The molecule has 2 aliphatic heterocycles. The molecule has 0 bridgehead atoms. The fourth-order valence-corrected chi connectivity index (χ4v) is 3.85. The maximum atomic E-state index is 6.35. The molecule has 0 spiro atoms. The molecule has 3 rings (SSSR count). The van der Waals surface area contributed by atoms with Crippen molar-refractivity contribution in [2.45, 2.75) is 43.7 Å². The van der Waals surface area contributed by atoms with E-state index in [9.17, 15) is 0 Å². The van der Waals surface area contributed by atoms with Gasteiger partial charge in [0.2, 0.25) is 0 Å². The highest BCUT2D eigenvalue weighted by Crippen LogP contribution is 2.45. The van der Waals surface area contributed by atoms with Gasteiger partial charge in [-0.1, -0.05) is 42.5 Å². The zero-order valence-electron chi connectivity index (χ0n) is 15.5. The molecule has 0 saturated carbocycles. The van der Waals surface area contributed by atoms with Gasteiger partial charge < -0.3 is 23.7 Å². The van der Waals surface area contributed by atoms with Gasteiger partial charge in [-0.3, -0.25) is 0 Å². The Hall–Kier alpha value is -1.50. The quantitative estimate of drug-likeness (QED) is 0.695. The van der Waals surface area contributed by atoms with Crippen LogP contribution in [0.1, 0.15) is 25.2 Å². The average molecular weight is 360 g/mol. The van der Waals surface area contributed by atoms with Gasteiger partial charge in [0.15, 0.2) is 12.6 Å². The molecule has 6 atom stereocenters. The van der Waals surface area contributed by atoms with Crippen LogP contribution in [0.4, 0.5) is 0 Å². The first kappa shape index (κ1) is 19.3. The van der Waals surface area contributed by atoms with E-state index in [1.165, 1.54) is 0 Å². The summed E-state index contributed by atoms with van der Waals surface area (Å²) in [5, 5.41) is 0. The first-order chi connectivity index (χ1) is 12.6. The molecule has 0 radical (unpaired) electrons. The van der Waals surface area contributed by atoms with Crippen LogP contribution in [-0.2, 0) is 23.7 Å². The molecule has 26 heavy (non-hydrogen) atoms. The summed E-state index contributed by atoms with van der Waals surface area (Å²) in [6, 6.07) is 9.93. The molecule has 1 aromatic rings. The Morgan fingerprint density at radius 1 is 1.19 bits per heavy atom. The van der Waals surface area contributed by atoms with Gasteiger partial charge >= 0.3 is 0 Å². The number of fused-ring (bicyclic) bond motifs is 1. The van der Waals surface area contributed by atoms with Crippen LogP contribution in [0, 0.1) is 5.92 Å². The lowest BCUT2D eigenvalue weighted by molar-refractivity contribution is -0.377. The minimum atomic E-state index is -0.684. The predicted octanol–water partition coefficient (Wildman–Crippen LogP) is 3.63. The Labute approximate surface area is 155 Å². The van der Waals surface area contributed by atoms with E-state index < -0.39 is 18.2 Å². The molecule has 0 aliphatic carbocycles. The molecule has 2 saturated heterocycles. The van der Waals surface area contributed by atoms with Gasteiger partial charge in [-0.05, 0) is 13.3 Å². The summed E-state index contributed by atoms with van der Waals surface area (Å²) < 4.78 is 30.2. The van der Waals surface area contributed by atoms with Gasteiger partial charge in [0.1, 0.15) is 11.7 Å². The molecule has 2 fully saturated rings. The molecule has 2 aliphatic rings. The first-order valence-corrected chi connectivity index (χ1v) is 9.00. The molecule has 2 heterocycles. The lowest BCUT2D eigenvalue weighted by Gasteiger charge is -2.54. The third-order valence-electron chi connectivity index (χ3n) is 5.18. The number of methoxy groups -OCH3 is 1. The SMILES string of the molecule is C=CCO[C@@]1(C)[C@@H](OC)O[C@@H]2CO[C@@H](c3ccccc3)O[C@H]2[C@@H]1CC=C. The Bertz CT molecular complexity index is 604. The molecule has 5 heteroatoms. The van der Waals surface area contributed by atoms with Gasteiger partial charge in [0.05, 0.1) is 19.3 Å². The molecular weight excluding hydrogens is 332 g/mol. The molecule has 5 nitrogen and oxygen atoms in total. The molecule has 1 aromatic carbocycles. The minimum Gasteiger partial charge on any atom is -0.366 e. The highest BCUT2D eigenvalue weighted by molar-refractivity contribution is 5.17. The summed E-state index contributed by atoms with van der Waals surface area (Å²) in [6.07, 6.45) is 3.00. The van der Waals surface area contributed by atoms with Crippen molar-refractivity contribution in [1.29, 1.82) is 0 Å². The molecule has 0 N–H and O–H groups in total. The lowest BCUT2D eigenvalue weighted by atomic mass is 9.76. The van der Waals surface area contributed by atoms with Gasteiger partial charge in [0.25, 0.3) is 0 Å². The van der Waals surface area contributed by atoms with E-state index in [2.05, 4.69) is 13.2 Å². The fourth-order valence-electron chi connectivity index (χ4n) is 3.85. The number of benzene rings is 1. The number of hydrogen-bond acceptors (Lipinski definition) is 5. The van der Waals surface area contributed by atoms with Crippen LogP contribution in [-0.4, -0.2) is 44.4 Å². The van der Waals surface area contributed by atoms with Crippen LogP contribution in [0.25, 0.3) is 0 Å². The third-order valence-corrected chi connectivity index (χ3v) is 5.18. The van der Waals surface area contributed by atoms with E-state index in [-0.39, 0.29) is 18.1 Å². The Kier molecular flexibility index (Phi) is 6.27. The van der Waals surface area contributed by atoms with E-state index in [1.54, 1.807) is 13.2 Å². The van der Waals surface area contributed by atoms with Crippen LogP contribution in [0.3, 0.4) is 0 Å². The topological polar surface area (TPSA) is 46.2 Å². The van der Waals surface area contributed by atoms with Crippen LogP contribution in [0.2, 0.25) is 0 Å². The van der Waals surface area contributed by atoms with Gasteiger partial charge in [-0.15, -0.1) is 13.2 Å². The smallest absolute Gasteiger partial charge is 0.186 e. The van der Waals surface area contributed by atoms with Crippen molar-refractivity contribution in [3.8, 4) is 0 Å². The second kappa shape index (κ2) is 8.46. The molecule has 0 unspecified atom stereocenters. The zero-order valence-corrected chi connectivity index (χ0v) is 15.5. The lowest BCUT2D eigenvalue weighted by Crippen LogP contribution is -2.65. The Morgan fingerprint density at radius 2 is 1.96 bits per heavy atom. The third kappa shape index (κ3) is 3.63. The Balaban J connectivity index is 1.88. The largest absolute Gasteiger partial charge is 0.366 e. The normalized spacial score (nSPS) is 36.9. The van der Waals surface area contributed by atoms with E-state index in [0.29, 0.717) is 13.2 Å². The fraction of sp³-hybridized carbons (Fsp3) is 0.524. The summed E-state index contributed by atoms with van der Waals surface area (Å²) >= 11 is 0. The zero-order chi connectivity index (χ0) is 18.6. The van der Waals surface area contributed by atoms with Crippen LogP contribution >= 0.6 is 0 Å². The van der Waals surface area contributed by atoms with Crippen molar-refractivity contribution >= 4 is 0 Å². The van der Waals surface area contributed by atoms with E-state index in [0.717, 1.165) is 12.0 Å². The highest BCUT2D eigenvalue weighted by Gasteiger charge is 2.56. The molecule has 0 amide bonds. The average Bonchev–Trinajstić information content (AvgIpc) is 2.69. The van der Waals surface area contributed by atoms with Crippen LogP contribution in [0.5, 0.6) is 0 Å². The minimum absolute atomic E-state index is 0.0127. The number of rotatable bonds is 7. The van der Waals surface area contributed by atoms with Crippen molar-refractivity contribution in [3.05, 3.63) is 61.2 Å². The Morgan fingerprint density at radius 3 is 2.62 bits per heavy atom. The maximum Gasteiger partial charge on any atom is 0.186 e. The van der Waals surface area contributed by atoms with Crippen molar-refractivity contribution in [1.82, 2.24) is 0 Å². The van der Waals surface area contributed by atoms with E-state index >= 15 is 0 Å². The molecule has 142 valence electrons. The summed E-state index contributed by atoms with van der Waals surface area (Å²) in [7, 11) is 1.63. The van der Waals surface area contributed by atoms with Gasteiger partial charge in [-0.2, -0.15) is 0 Å². The molecular formula is C21H28O5. The second-order valence-electron chi connectivity index (χ2n) is 6.83. The van der Waals surface area contributed by atoms with Crippen molar-refractivity contribution in [2.24, 2.45) is 5.92 Å². The summed E-state index contributed by atoms with van der Waals surface area (Å²) in [4.78, 5) is 0. The number of hydrogen-bond donors (Lipinski definition) is 0. The summed E-state index contributed by atoms with van der Waals surface area (Å²) in [5.74, 6) is 0.0127. The highest BCUT2D eigenvalue weighted by atomic mass is 16.8. The summed E-state index contributed by atoms with van der Waals surface area (Å²) in [6.45, 7) is 10.5. The number of ether oxygens (including phenoxy) is 5. The van der Waals surface area contributed by atoms with Crippen molar-refractivity contribution < 1.29 is 23.7 Å². The van der Waals surface area contributed by atoms with Gasteiger partial charge in [-0.25, -0.2) is 0 Å². The first-order valence-electron chi connectivity index (χ1n) is 9.00. The maximum absolute atomic E-state index is 6.35. The van der Waals surface area contributed by atoms with Crippen LogP contribution in [0.15, 0.2) is 55.6 Å². The molecule has 0 aromatic heterocycles. The predicted molar refractivity (Wildman–Crippen MR) is 98.5 cm³/mol. The summed E-state index contributed by atoms with van der Waals surface area (Å²) in [5.41, 5.74) is 0.308. The monoisotopic (exact) mass is 360 g/mol. The van der Waals surface area contributed by atoms with Crippen molar-refractivity contribution in [2.75, 3.05) is 20.3 Å². The van der Waals surface area contributed by atoms with E-state index in [4.69, 9.17) is 23.7 Å².